The van der Waals surface area contributed by atoms with Crippen LogP contribution in [0.1, 0.15) is 12.8 Å². The smallest absolute Gasteiger partial charge is 0.339 e. The zero-order valence-electron chi connectivity index (χ0n) is 14.4. The van der Waals surface area contributed by atoms with Gasteiger partial charge in [0.25, 0.3) is 9.84 Å². The predicted octanol–water partition coefficient (Wildman–Crippen LogP) is 1.52. The highest BCUT2D eigenvalue weighted by Gasteiger charge is 2.54. The molecule has 1 saturated heterocycles. The van der Waals surface area contributed by atoms with Crippen LogP contribution in [0.15, 0.2) is 36.0 Å². The first-order chi connectivity index (χ1) is 12.7. The molecule has 0 saturated carbocycles. The van der Waals surface area contributed by atoms with Crippen molar-refractivity contribution in [3.8, 4) is 0 Å². The number of amides is 2. The molecule has 0 bridgehead atoms. The Bertz CT molecular complexity index is 911. The van der Waals surface area contributed by atoms with Gasteiger partial charge in [-0.2, -0.15) is 19.0 Å². The van der Waals surface area contributed by atoms with Crippen LogP contribution in [0.5, 0.6) is 0 Å². The van der Waals surface area contributed by atoms with E-state index < -0.39 is 32.1 Å². The molecule has 2 amide bonds. The number of nitrogens with one attached hydrogen (secondary N) is 1. The molecule has 0 unspecified atom stereocenters. The number of imidazole rings is 1. The summed E-state index contributed by atoms with van der Waals surface area (Å²) < 4.78 is 55.2. The van der Waals surface area contributed by atoms with Gasteiger partial charge in [-0.3, -0.25) is 0 Å². The van der Waals surface area contributed by atoms with Crippen LogP contribution in [-0.2, 0) is 16.9 Å². The zero-order valence-corrected chi connectivity index (χ0v) is 15.2. The molecular weight excluding hydrogens is 382 g/mol. The van der Waals surface area contributed by atoms with Crippen molar-refractivity contribution in [2.75, 3.05) is 18.4 Å². The summed E-state index contributed by atoms with van der Waals surface area (Å²) >= 11 is 0. The minimum absolute atomic E-state index is 0.0162. The number of urea groups is 1. The summed E-state index contributed by atoms with van der Waals surface area (Å²) in [6, 6.07) is 1.09. The van der Waals surface area contributed by atoms with Gasteiger partial charge < -0.3 is 14.8 Å². The third-order valence-electron chi connectivity index (χ3n) is 4.41. The molecule has 1 aliphatic heterocycles. The van der Waals surface area contributed by atoms with Crippen LogP contribution < -0.4 is 5.32 Å². The van der Waals surface area contributed by atoms with Crippen LogP contribution in [0.4, 0.5) is 19.3 Å². The standard InChI is InChI=1S/C15H18F2N6O3S/c1-22-9-13(18-10-22)27(25,26)15(16,17)11-3-6-23(7-4-11)14(24)21-12-2-5-19-20-8-12/h2,5,8-11H,3-4,6-7H2,1H3,(H,19,21,24). The number of halogens is 2. The number of piperidine rings is 1. The molecule has 9 nitrogen and oxygen atoms in total. The van der Waals surface area contributed by atoms with E-state index in [0.717, 1.165) is 12.5 Å². The minimum Gasteiger partial charge on any atom is -0.339 e. The maximum Gasteiger partial charge on any atom is 0.354 e. The first-order valence-corrected chi connectivity index (χ1v) is 9.63. The molecule has 1 N–H and O–H groups in total. The van der Waals surface area contributed by atoms with Crippen molar-refractivity contribution < 1.29 is 22.0 Å². The van der Waals surface area contributed by atoms with Gasteiger partial charge in [-0.25, -0.2) is 18.2 Å². The highest BCUT2D eigenvalue weighted by molar-refractivity contribution is 7.92. The van der Waals surface area contributed by atoms with E-state index in [2.05, 4.69) is 20.5 Å². The normalized spacial score (nSPS) is 16.3. The van der Waals surface area contributed by atoms with Crippen molar-refractivity contribution >= 4 is 21.6 Å². The van der Waals surface area contributed by atoms with Crippen molar-refractivity contribution in [2.45, 2.75) is 23.1 Å². The van der Waals surface area contributed by atoms with Crippen molar-refractivity contribution in [3.05, 3.63) is 31.0 Å². The van der Waals surface area contributed by atoms with Gasteiger partial charge in [0.2, 0.25) is 0 Å². The SMILES string of the molecule is Cn1cnc(S(=O)(=O)C(F)(F)C2CCN(C(=O)Nc3ccnnc3)CC2)c1. The Kier molecular flexibility index (Phi) is 5.09. The van der Waals surface area contributed by atoms with Gasteiger partial charge >= 0.3 is 11.3 Å². The number of carbonyl (C=O) groups is 1. The summed E-state index contributed by atoms with van der Waals surface area (Å²) in [5.41, 5.74) is 0.431. The van der Waals surface area contributed by atoms with E-state index in [4.69, 9.17) is 0 Å². The second-order valence-electron chi connectivity index (χ2n) is 6.27. The highest BCUT2D eigenvalue weighted by atomic mass is 32.2. The summed E-state index contributed by atoms with van der Waals surface area (Å²) in [6.45, 7) is 0.0324. The Balaban J connectivity index is 1.65. The Labute approximate surface area is 154 Å². The average Bonchev–Trinajstić information content (AvgIpc) is 3.09. The first-order valence-electron chi connectivity index (χ1n) is 8.15. The van der Waals surface area contributed by atoms with E-state index in [0.29, 0.717) is 5.69 Å². The molecule has 0 radical (unpaired) electrons. The van der Waals surface area contributed by atoms with Gasteiger partial charge in [-0.15, -0.1) is 0 Å². The lowest BCUT2D eigenvalue weighted by Gasteiger charge is -2.35. The third-order valence-corrected chi connectivity index (χ3v) is 6.22. The highest BCUT2D eigenvalue weighted by Crippen LogP contribution is 2.40. The van der Waals surface area contributed by atoms with Gasteiger partial charge in [0, 0.05) is 32.3 Å². The lowest BCUT2D eigenvalue weighted by molar-refractivity contribution is 0.000236. The Morgan fingerprint density at radius 3 is 2.56 bits per heavy atom. The molecule has 0 spiro atoms. The average molecular weight is 400 g/mol. The van der Waals surface area contributed by atoms with Crippen LogP contribution >= 0.6 is 0 Å². The molecule has 1 fully saturated rings. The number of hydrogen-bond acceptors (Lipinski definition) is 6. The maximum absolute atomic E-state index is 14.7. The summed E-state index contributed by atoms with van der Waals surface area (Å²) in [6.07, 6.45) is 4.70. The number of rotatable bonds is 4. The molecule has 0 aliphatic carbocycles. The van der Waals surface area contributed by atoms with Gasteiger partial charge in [0.1, 0.15) is 0 Å². The van der Waals surface area contributed by atoms with Crippen molar-refractivity contribution in [1.29, 1.82) is 0 Å². The van der Waals surface area contributed by atoms with Crippen LogP contribution in [0.3, 0.4) is 0 Å². The van der Waals surface area contributed by atoms with Gasteiger partial charge in [-0.05, 0) is 18.9 Å². The van der Waals surface area contributed by atoms with Crippen molar-refractivity contribution in [3.63, 3.8) is 0 Å². The Morgan fingerprint density at radius 2 is 2.00 bits per heavy atom. The number of likely N-dealkylation sites (tertiary alicyclic amines) is 1. The second kappa shape index (κ2) is 7.18. The van der Waals surface area contributed by atoms with Crippen LogP contribution in [0.25, 0.3) is 0 Å². The molecule has 12 heteroatoms. The number of nitrogens with zero attached hydrogens (tertiary/aromatic N) is 5. The number of aryl methyl sites for hydroxylation is 1. The molecule has 27 heavy (non-hydrogen) atoms. The summed E-state index contributed by atoms with van der Waals surface area (Å²) in [7, 11) is -3.40. The minimum atomic E-state index is -4.90. The quantitative estimate of drug-likeness (QED) is 0.833. The second-order valence-corrected chi connectivity index (χ2v) is 8.23. The zero-order chi connectivity index (χ0) is 19.7. The first kappa shape index (κ1) is 19.1. The van der Waals surface area contributed by atoms with Gasteiger partial charge in [-0.1, -0.05) is 0 Å². The molecule has 1 aliphatic rings. The summed E-state index contributed by atoms with van der Waals surface area (Å²) in [5, 5.41) is 5.20. The molecular formula is C15H18F2N6O3S. The third kappa shape index (κ3) is 3.75. The number of aromatic nitrogens is 4. The summed E-state index contributed by atoms with van der Waals surface area (Å²) in [5.74, 6) is -1.39. The molecule has 2 aromatic rings. The van der Waals surface area contributed by atoms with Crippen molar-refractivity contribution in [2.24, 2.45) is 13.0 Å². The summed E-state index contributed by atoms with van der Waals surface area (Å²) in [4.78, 5) is 17.1. The Morgan fingerprint density at radius 1 is 1.30 bits per heavy atom. The van der Waals surface area contributed by atoms with Crippen LogP contribution in [0, 0.1) is 5.92 Å². The predicted molar refractivity (Wildman–Crippen MR) is 90.7 cm³/mol. The van der Waals surface area contributed by atoms with Crippen LogP contribution in [0.2, 0.25) is 0 Å². The largest absolute Gasteiger partial charge is 0.354 e. The monoisotopic (exact) mass is 400 g/mol. The van der Waals surface area contributed by atoms with E-state index in [1.807, 2.05) is 0 Å². The topological polar surface area (TPSA) is 110 Å². The lowest BCUT2D eigenvalue weighted by Crippen LogP contribution is -2.47. The van der Waals surface area contributed by atoms with Gasteiger partial charge in [0.05, 0.1) is 24.4 Å². The maximum atomic E-state index is 14.7. The van der Waals surface area contributed by atoms with Crippen LogP contribution in [-0.4, -0.2) is 57.4 Å². The number of sulfone groups is 1. The van der Waals surface area contributed by atoms with Crippen molar-refractivity contribution in [1.82, 2.24) is 24.6 Å². The number of hydrogen-bond donors (Lipinski definition) is 1. The van der Waals surface area contributed by atoms with E-state index in [-0.39, 0.29) is 25.9 Å². The van der Waals surface area contributed by atoms with Gasteiger partial charge in [0.15, 0.2) is 5.03 Å². The lowest BCUT2D eigenvalue weighted by atomic mass is 9.97. The fraction of sp³-hybridized carbons (Fsp3) is 0.467. The Hall–Kier alpha value is -2.63. The van der Waals surface area contributed by atoms with E-state index in [9.17, 15) is 22.0 Å². The molecule has 3 rings (SSSR count). The van der Waals surface area contributed by atoms with E-state index >= 15 is 0 Å². The fourth-order valence-corrected chi connectivity index (χ4v) is 4.32. The molecule has 3 heterocycles. The number of alkyl halides is 2. The van der Waals surface area contributed by atoms with E-state index in [1.54, 1.807) is 6.07 Å². The molecule has 146 valence electrons. The molecule has 2 aromatic heterocycles. The van der Waals surface area contributed by atoms with E-state index in [1.165, 1.54) is 28.9 Å². The molecule has 0 atom stereocenters. The number of anilines is 1. The molecule has 0 aromatic carbocycles. The number of carbonyl (C=O) groups excluding carboxylic acids is 1. The fourth-order valence-electron chi connectivity index (χ4n) is 2.87.